The van der Waals surface area contributed by atoms with Crippen molar-refractivity contribution in [2.45, 2.75) is 6.92 Å². The summed E-state index contributed by atoms with van der Waals surface area (Å²) in [5.41, 5.74) is 2.43. The van der Waals surface area contributed by atoms with Gasteiger partial charge in [0.15, 0.2) is 16.5 Å². The maximum absolute atomic E-state index is 13.0. The number of halogens is 1. The van der Waals surface area contributed by atoms with Crippen molar-refractivity contribution in [1.82, 2.24) is 9.38 Å². The van der Waals surface area contributed by atoms with Crippen LogP contribution in [0.25, 0.3) is 22.1 Å². The number of benzene rings is 3. The Bertz CT molecular complexity index is 1560. The first-order valence-corrected chi connectivity index (χ1v) is 12.4. The zero-order valence-corrected chi connectivity index (χ0v) is 20.8. The number of aromatic nitrogens is 2. The fourth-order valence-corrected chi connectivity index (χ4v) is 4.86. The van der Waals surface area contributed by atoms with Gasteiger partial charge in [0, 0.05) is 4.47 Å². The van der Waals surface area contributed by atoms with Crippen LogP contribution in [0, 0.1) is 0 Å². The smallest absolute Gasteiger partial charge is 0.274 e. The largest absolute Gasteiger partial charge is 0.490 e. The van der Waals surface area contributed by atoms with Gasteiger partial charge in [-0.3, -0.25) is 4.79 Å². The lowest BCUT2D eigenvalue weighted by Gasteiger charge is -2.13. The van der Waals surface area contributed by atoms with Crippen LogP contribution in [0.1, 0.15) is 12.5 Å². The molecule has 0 radical (unpaired) electrons. The van der Waals surface area contributed by atoms with E-state index in [0.29, 0.717) is 40.8 Å². The summed E-state index contributed by atoms with van der Waals surface area (Å²) in [4.78, 5) is 18.3. The minimum Gasteiger partial charge on any atom is -0.490 e. The monoisotopic (exact) mass is 536 g/mol. The summed E-state index contributed by atoms with van der Waals surface area (Å²) in [5.74, 6) is 2.04. The molecule has 0 unspecified atom stereocenters. The Morgan fingerprint density at radius 2 is 1.76 bits per heavy atom. The van der Waals surface area contributed by atoms with E-state index in [-0.39, 0.29) is 5.56 Å². The fraction of sp³-hybridized carbons (Fsp3) is 0.154. The third kappa shape index (κ3) is 4.64. The quantitative estimate of drug-likeness (QED) is 0.259. The molecule has 2 aromatic heterocycles. The molecular formula is C26H21BrN2O4S. The molecule has 6 nitrogen and oxygen atoms in total. The predicted molar refractivity (Wildman–Crippen MR) is 138 cm³/mol. The van der Waals surface area contributed by atoms with Crippen molar-refractivity contribution in [3.05, 3.63) is 91.7 Å². The van der Waals surface area contributed by atoms with Gasteiger partial charge in [0.05, 0.1) is 22.2 Å². The van der Waals surface area contributed by atoms with Gasteiger partial charge in [0.25, 0.3) is 5.56 Å². The predicted octanol–water partition coefficient (Wildman–Crippen LogP) is 5.08. The molecule has 0 fully saturated rings. The van der Waals surface area contributed by atoms with Crippen LogP contribution < -0.4 is 24.3 Å². The first kappa shape index (κ1) is 22.4. The number of para-hydroxylation sites is 2. The molecule has 0 saturated heterocycles. The lowest BCUT2D eigenvalue weighted by Crippen LogP contribution is -2.22. The highest BCUT2D eigenvalue weighted by Gasteiger charge is 2.11. The van der Waals surface area contributed by atoms with Crippen molar-refractivity contribution >= 4 is 49.3 Å². The van der Waals surface area contributed by atoms with Crippen LogP contribution in [0.15, 0.2) is 76.0 Å². The standard InChI is InChI=1S/C26H21BrN2O4S/c1-2-31-23-15-17(7-12-22(23)33-14-13-32-19-10-8-18(27)9-11-19)16-24-25(30)29-21-6-4-3-5-20(21)28-26(29)34-24/h3-12,15-16H,2,13-14H2,1H3. The molecule has 172 valence electrons. The number of imidazole rings is 1. The summed E-state index contributed by atoms with van der Waals surface area (Å²) in [5, 5.41) is 0. The molecule has 0 bridgehead atoms. The van der Waals surface area contributed by atoms with Gasteiger partial charge >= 0.3 is 0 Å². The summed E-state index contributed by atoms with van der Waals surface area (Å²) >= 11 is 4.79. The van der Waals surface area contributed by atoms with Crippen LogP contribution in [0.3, 0.4) is 0 Å². The normalized spacial score (nSPS) is 11.9. The summed E-state index contributed by atoms with van der Waals surface area (Å²) < 4.78 is 20.7. The lowest BCUT2D eigenvalue weighted by molar-refractivity contribution is 0.208. The van der Waals surface area contributed by atoms with E-state index in [0.717, 1.165) is 26.8 Å². The van der Waals surface area contributed by atoms with Gasteiger partial charge in [-0.1, -0.05) is 45.5 Å². The average Bonchev–Trinajstić information content (AvgIpc) is 3.35. The molecule has 2 heterocycles. The lowest BCUT2D eigenvalue weighted by atomic mass is 10.2. The summed E-state index contributed by atoms with van der Waals surface area (Å²) in [6, 6.07) is 21.0. The number of rotatable bonds is 8. The van der Waals surface area contributed by atoms with Crippen molar-refractivity contribution in [2.24, 2.45) is 0 Å². The summed E-state index contributed by atoms with van der Waals surface area (Å²) in [6.07, 6.45) is 1.86. The van der Waals surface area contributed by atoms with Crippen LogP contribution in [-0.4, -0.2) is 29.2 Å². The molecule has 34 heavy (non-hydrogen) atoms. The van der Waals surface area contributed by atoms with Gasteiger partial charge in [-0.15, -0.1) is 0 Å². The Hall–Kier alpha value is -3.36. The molecule has 0 atom stereocenters. The van der Waals surface area contributed by atoms with Crippen molar-refractivity contribution in [1.29, 1.82) is 0 Å². The SMILES string of the molecule is CCOc1cc(C=c2sc3nc4ccccc4n3c2=O)ccc1OCCOc1ccc(Br)cc1. The average molecular weight is 537 g/mol. The third-order valence-electron chi connectivity index (χ3n) is 5.13. The van der Waals surface area contributed by atoms with Crippen LogP contribution in [0.2, 0.25) is 0 Å². The van der Waals surface area contributed by atoms with Crippen LogP contribution in [0.4, 0.5) is 0 Å². The van der Waals surface area contributed by atoms with Gasteiger partial charge in [-0.05, 0) is 67.1 Å². The Kier molecular flexibility index (Phi) is 6.51. The van der Waals surface area contributed by atoms with Crippen molar-refractivity contribution < 1.29 is 14.2 Å². The van der Waals surface area contributed by atoms with Crippen molar-refractivity contribution in [2.75, 3.05) is 19.8 Å². The van der Waals surface area contributed by atoms with Gasteiger partial charge in [0.2, 0.25) is 0 Å². The Morgan fingerprint density at radius 3 is 2.59 bits per heavy atom. The fourth-order valence-electron chi connectivity index (χ4n) is 3.61. The molecule has 0 spiro atoms. The number of fused-ring (bicyclic) bond motifs is 3. The van der Waals surface area contributed by atoms with Crippen LogP contribution in [0.5, 0.6) is 17.2 Å². The molecule has 5 aromatic rings. The maximum atomic E-state index is 13.0. The Morgan fingerprint density at radius 1 is 0.971 bits per heavy atom. The number of nitrogens with zero attached hydrogens (tertiary/aromatic N) is 2. The first-order valence-electron chi connectivity index (χ1n) is 10.8. The molecular weight excluding hydrogens is 516 g/mol. The van der Waals surface area contributed by atoms with Gasteiger partial charge in [-0.2, -0.15) is 0 Å². The number of hydrogen-bond acceptors (Lipinski definition) is 6. The second-order valence-electron chi connectivity index (χ2n) is 7.42. The molecule has 8 heteroatoms. The van der Waals surface area contributed by atoms with E-state index in [1.54, 1.807) is 4.40 Å². The number of ether oxygens (including phenoxy) is 3. The number of hydrogen-bond donors (Lipinski definition) is 0. The van der Waals surface area contributed by atoms with Crippen molar-refractivity contribution in [3.63, 3.8) is 0 Å². The maximum Gasteiger partial charge on any atom is 0.274 e. The summed E-state index contributed by atoms with van der Waals surface area (Å²) in [6.45, 7) is 3.20. The van der Waals surface area contributed by atoms with Crippen LogP contribution in [-0.2, 0) is 0 Å². The second-order valence-corrected chi connectivity index (χ2v) is 9.35. The first-order chi connectivity index (χ1) is 16.6. The summed E-state index contributed by atoms with van der Waals surface area (Å²) in [7, 11) is 0. The highest BCUT2D eigenvalue weighted by molar-refractivity contribution is 9.10. The number of thiazole rings is 1. The van der Waals surface area contributed by atoms with E-state index in [1.807, 2.05) is 79.7 Å². The van der Waals surface area contributed by atoms with Crippen LogP contribution >= 0.6 is 27.3 Å². The van der Waals surface area contributed by atoms with E-state index < -0.39 is 0 Å². The molecule has 3 aromatic carbocycles. The van der Waals surface area contributed by atoms with E-state index in [2.05, 4.69) is 20.9 Å². The van der Waals surface area contributed by atoms with E-state index in [4.69, 9.17) is 14.2 Å². The van der Waals surface area contributed by atoms with Gasteiger partial charge in [0.1, 0.15) is 19.0 Å². The Balaban J connectivity index is 1.35. The molecule has 0 aliphatic carbocycles. The highest BCUT2D eigenvalue weighted by atomic mass is 79.9. The zero-order chi connectivity index (χ0) is 23.5. The van der Waals surface area contributed by atoms with E-state index in [9.17, 15) is 4.79 Å². The van der Waals surface area contributed by atoms with Gasteiger partial charge < -0.3 is 14.2 Å². The molecule has 0 aliphatic heterocycles. The zero-order valence-electron chi connectivity index (χ0n) is 18.4. The highest BCUT2D eigenvalue weighted by Crippen LogP contribution is 2.29. The second kappa shape index (κ2) is 9.87. The van der Waals surface area contributed by atoms with Crippen molar-refractivity contribution in [3.8, 4) is 17.2 Å². The molecule has 5 rings (SSSR count). The molecule has 0 amide bonds. The molecule has 0 saturated carbocycles. The Labute approximate surface area is 208 Å². The van der Waals surface area contributed by atoms with Gasteiger partial charge in [-0.25, -0.2) is 9.38 Å². The minimum atomic E-state index is -0.0722. The van der Waals surface area contributed by atoms with E-state index >= 15 is 0 Å². The van der Waals surface area contributed by atoms with E-state index in [1.165, 1.54) is 11.3 Å². The topological polar surface area (TPSA) is 62.1 Å². The third-order valence-corrected chi connectivity index (χ3v) is 6.63. The molecule has 0 N–H and O–H groups in total. The minimum absolute atomic E-state index is 0.0722. The molecule has 0 aliphatic rings.